The van der Waals surface area contributed by atoms with Gasteiger partial charge in [0.15, 0.2) is 0 Å². The van der Waals surface area contributed by atoms with Crippen molar-refractivity contribution in [3.05, 3.63) is 29.3 Å². The van der Waals surface area contributed by atoms with Gasteiger partial charge in [-0.2, -0.15) is 0 Å². The molecule has 2 rings (SSSR count). The number of carbonyl (C=O) groups is 1. The molecule has 0 atom stereocenters. The molecule has 0 radical (unpaired) electrons. The molecule has 0 aliphatic carbocycles. The predicted octanol–water partition coefficient (Wildman–Crippen LogP) is 2.55. The summed E-state index contributed by atoms with van der Waals surface area (Å²) in [7, 11) is 0. The number of urea groups is 1. The second kappa shape index (κ2) is 6.64. The summed E-state index contributed by atoms with van der Waals surface area (Å²) >= 11 is 0. The zero-order valence-corrected chi connectivity index (χ0v) is 12.8. The molecule has 0 unspecified atom stereocenters. The number of hydrogen-bond acceptors (Lipinski definition) is 2. The highest BCUT2D eigenvalue weighted by molar-refractivity contribution is 5.74. The molecule has 20 heavy (non-hydrogen) atoms. The average Bonchev–Trinajstić information content (AvgIpc) is 2.48. The van der Waals surface area contributed by atoms with E-state index in [1.54, 1.807) is 0 Å². The molecule has 4 heteroatoms. The molecular formula is C16H25N3O. The Hall–Kier alpha value is -1.71. The van der Waals surface area contributed by atoms with Crippen molar-refractivity contribution in [2.45, 2.75) is 27.2 Å². The van der Waals surface area contributed by atoms with Crippen molar-refractivity contribution in [3.63, 3.8) is 0 Å². The highest BCUT2D eigenvalue weighted by atomic mass is 16.2. The van der Waals surface area contributed by atoms with Gasteiger partial charge in [0.05, 0.1) is 0 Å². The number of rotatable bonds is 3. The highest BCUT2D eigenvalue weighted by Crippen LogP contribution is 2.20. The van der Waals surface area contributed by atoms with Gasteiger partial charge in [-0.3, -0.25) is 0 Å². The zero-order valence-electron chi connectivity index (χ0n) is 12.8. The Morgan fingerprint density at radius 1 is 1.15 bits per heavy atom. The Morgan fingerprint density at radius 3 is 2.45 bits per heavy atom. The van der Waals surface area contributed by atoms with Crippen molar-refractivity contribution in [1.82, 2.24) is 10.2 Å². The first-order valence-corrected chi connectivity index (χ1v) is 7.46. The van der Waals surface area contributed by atoms with Crippen LogP contribution in [-0.2, 0) is 0 Å². The van der Waals surface area contributed by atoms with Crippen LogP contribution in [-0.4, -0.2) is 43.7 Å². The molecule has 0 bridgehead atoms. The van der Waals surface area contributed by atoms with Gasteiger partial charge < -0.3 is 15.1 Å². The van der Waals surface area contributed by atoms with E-state index >= 15 is 0 Å². The highest BCUT2D eigenvalue weighted by Gasteiger charge is 2.20. The van der Waals surface area contributed by atoms with Gasteiger partial charge in [-0.25, -0.2) is 4.79 Å². The number of hydrogen-bond donors (Lipinski definition) is 1. The van der Waals surface area contributed by atoms with Gasteiger partial charge >= 0.3 is 6.03 Å². The van der Waals surface area contributed by atoms with E-state index in [1.807, 2.05) is 4.90 Å². The molecule has 1 N–H and O–H groups in total. The number of carbonyl (C=O) groups excluding carboxylic acids is 1. The Kier molecular flexibility index (Phi) is 4.88. The fourth-order valence-electron chi connectivity index (χ4n) is 2.43. The molecule has 2 amide bonds. The lowest BCUT2D eigenvalue weighted by molar-refractivity contribution is 0.194. The number of anilines is 1. The van der Waals surface area contributed by atoms with Gasteiger partial charge in [0.2, 0.25) is 0 Å². The third-order valence-electron chi connectivity index (χ3n) is 3.95. The van der Waals surface area contributed by atoms with E-state index < -0.39 is 0 Å². The van der Waals surface area contributed by atoms with Crippen LogP contribution < -0.4 is 10.2 Å². The van der Waals surface area contributed by atoms with E-state index in [2.05, 4.69) is 49.2 Å². The van der Waals surface area contributed by atoms with Crippen LogP contribution in [0.15, 0.2) is 18.2 Å². The van der Waals surface area contributed by atoms with Crippen LogP contribution in [0, 0.1) is 13.8 Å². The summed E-state index contributed by atoms with van der Waals surface area (Å²) in [6.45, 7) is 10.5. The summed E-state index contributed by atoms with van der Waals surface area (Å²) in [6, 6.07) is 6.66. The van der Waals surface area contributed by atoms with E-state index in [9.17, 15) is 4.79 Å². The minimum atomic E-state index is 0.0755. The number of amides is 2. The predicted molar refractivity (Wildman–Crippen MR) is 83.4 cm³/mol. The van der Waals surface area contributed by atoms with Crippen LogP contribution >= 0.6 is 0 Å². The second-order valence-corrected chi connectivity index (χ2v) is 5.47. The average molecular weight is 275 g/mol. The maximum atomic E-state index is 11.9. The monoisotopic (exact) mass is 275 g/mol. The SMILES string of the molecule is CCCNC(=O)N1CCN(c2ccc(C)c(C)c2)CC1. The van der Waals surface area contributed by atoms with Crippen molar-refractivity contribution in [2.24, 2.45) is 0 Å². The Labute approximate surface area is 121 Å². The minimum absolute atomic E-state index is 0.0755. The van der Waals surface area contributed by atoms with E-state index in [-0.39, 0.29) is 6.03 Å². The van der Waals surface area contributed by atoms with Crippen LogP contribution in [0.4, 0.5) is 10.5 Å². The van der Waals surface area contributed by atoms with Gasteiger partial charge in [-0.1, -0.05) is 13.0 Å². The van der Waals surface area contributed by atoms with Crippen molar-refractivity contribution < 1.29 is 4.79 Å². The number of benzene rings is 1. The smallest absolute Gasteiger partial charge is 0.317 e. The fourth-order valence-corrected chi connectivity index (χ4v) is 2.43. The summed E-state index contributed by atoms with van der Waals surface area (Å²) in [4.78, 5) is 16.2. The van der Waals surface area contributed by atoms with Crippen LogP contribution in [0.2, 0.25) is 0 Å². The van der Waals surface area contributed by atoms with E-state index in [4.69, 9.17) is 0 Å². The molecule has 0 aromatic heterocycles. The zero-order chi connectivity index (χ0) is 14.5. The first-order chi connectivity index (χ1) is 9.61. The molecule has 110 valence electrons. The summed E-state index contributed by atoms with van der Waals surface area (Å²) < 4.78 is 0. The minimum Gasteiger partial charge on any atom is -0.368 e. The molecule has 1 fully saturated rings. The summed E-state index contributed by atoms with van der Waals surface area (Å²) in [6.07, 6.45) is 0.981. The lowest BCUT2D eigenvalue weighted by Crippen LogP contribution is -2.52. The first kappa shape index (κ1) is 14.7. The molecule has 0 spiro atoms. The Bertz CT molecular complexity index is 465. The molecule has 1 aliphatic heterocycles. The molecule has 0 saturated carbocycles. The standard InChI is InChI=1S/C16H25N3O/c1-4-7-17-16(20)19-10-8-18(9-11-19)15-6-5-13(2)14(3)12-15/h5-6,12H,4,7-11H2,1-3H3,(H,17,20). The largest absolute Gasteiger partial charge is 0.368 e. The Balaban J connectivity index is 1.90. The normalized spacial score (nSPS) is 15.3. The van der Waals surface area contributed by atoms with Crippen molar-refractivity contribution in [2.75, 3.05) is 37.6 Å². The van der Waals surface area contributed by atoms with E-state index in [0.717, 1.165) is 39.1 Å². The van der Waals surface area contributed by atoms with Gasteiger partial charge in [0, 0.05) is 38.4 Å². The van der Waals surface area contributed by atoms with Gasteiger partial charge in [-0.15, -0.1) is 0 Å². The third-order valence-corrected chi connectivity index (χ3v) is 3.95. The lowest BCUT2D eigenvalue weighted by atomic mass is 10.1. The first-order valence-electron chi connectivity index (χ1n) is 7.46. The molecule has 1 saturated heterocycles. The molecule has 1 heterocycles. The van der Waals surface area contributed by atoms with Crippen LogP contribution in [0.25, 0.3) is 0 Å². The second-order valence-electron chi connectivity index (χ2n) is 5.47. The third kappa shape index (κ3) is 3.44. The molecule has 1 aliphatic rings. The number of piperazine rings is 1. The maximum Gasteiger partial charge on any atom is 0.317 e. The summed E-state index contributed by atoms with van der Waals surface area (Å²) in [5.41, 5.74) is 3.92. The number of aryl methyl sites for hydroxylation is 2. The topological polar surface area (TPSA) is 35.6 Å². The summed E-state index contributed by atoms with van der Waals surface area (Å²) in [5.74, 6) is 0. The van der Waals surface area contributed by atoms with Crippen LogP contribution in [0.5, 0.6) is 0 Å². The van der Waals surface area contributed by atoms with Gasteiger partial charge in [0.25, 0.3) is 0 Å². The van der Waals surface area contributed by atoms with Crippen molar-refractivity contribution in [3.8, 4) is 0 Å². The maximum absolute atomic E-state index is 11.9. The van der Waals surface area contributed by atoms with Gasteiger partial charge in [0.1, 0.15) is 0 Å². The van der Waals surface area contributed by atoms with Gasteiger partial charge in [-0.05, 0) is 43.5 Å². The molecular weight excluding hydrogens is 250 g/mol. The van der Waals surface area contributed by atoms with Crippen molar-refractivity contribution in [1.29, 1.82) is 0 Å². The van der Waals surface area contributed by atoms with Crippen LogP contribution in [0.1, 0.15) is 24.5 Å². The van der Waals surface area contributed by atoms with E-state index in [1.165, 1.54) is 16.8 Å². The molecule has 1 aromatic rings. The van der Waals surface area contributed by atoms with Crippen LogP contribution in [0.3, 0.4) is 0 Å². The number of nitrogens with zero attached hydrogens (tertiary/aromatic N) is 2. The molecule has 1 aromatic carbocycles. The fraction of sp³-hybridized carbons (Fsp3) is 0.562. The summed E-state index contributed by atoms with van der Waals surface area (Å²) in [5, 5.41) is 2.94. The Morgan fingerprint density at radius 2 is 1.85 bits per heavy atom. The quantitative estimate of drug-likeness (QED) is 0.920. The number of nitrogens with one attached hydrogen (secondary N) is 1. The van der Waals surface area contributed by atoms with E-state index in [0.29, 0.717) is 0 Å². The molecule has 4 nitrogen and oxygen atoms in total. The lowest BCUT2D eigenvalue weighted by Gasteiger charge is -2.36. The van der Waals surface area contributed by atoms with Crippen molar-refractivity contribution >= 4 is 11.7 Å².